The summed E-state index contributed by atoms with van der Waals surface area (Å²) in [6.45, 7) is 7.90. The van der Waals surface area contributed by atoms with Crippen molar-refractivity contribution in [3.8, 4) is 11.5 Å². The molecule has 3 aliphatic rings. The molecule has 6 nitrogen and oxygen atoms in total. The Morgan fingerprint density at radius 2 is 1.93 bits per heavy atom. The molecule has 0 radical (unpaired) electrons. The van der Waals surface area contributed by atoms with E-state index in [-0.39, 0.29) is 29.8 Å². The minimum atomic E-state index is -0.868. The number of hydrogen-bond acceptors (Lipinski definition) is 6. The van der Waals surface area contributed by atoms with Gasteiger partial charge in [-0.1, -0.05) is 27.7 Å². The highest BCUT2D eigenvalue weighted by Gasteiger charge is 2.68. The standard InChI is InChI=1S/C23H32O6/c1-12-5-6-18-21(2,3)20(28)17(27)9-22(18,4)23(12)8-14-16(26)7-13(10-24)15(11-25)19(14)29-23/h7,11-12,17-18,20,24,26-28H,5-6,8-10H2,1-4H3/t12-,17?,18+,20-,22+,23-/m1/s1. The molecule has 1 aromatic carbocycles. The Hall–Kier alpha value is -1.63. The molecule has 0 bridgehead atoms. The van der Waals surface area contributed by atoms with E-state index in [1.165, 1.54) is 6.07 Å². The molecule has 160 valence electrons. The quantitative estimate of drug-likeness (QED) is 0.565. The molecule has 2 fully saturated rings. The average Bonchev–Trinajstić information content (AvgIpc) is 3.07. The maximum atomic E-state index is 11.8. The van der Waals surface area contributed by atoms with Gasteiger partial charge in [0.05, 0.1) is 24.4 Å². The van der Waals surface area contributed by atoms with Crippen molar-refractivity contribution in [3.63, 3.8) is 0 Å². The van der Waals surface area contributed by atoms with Crippen molar-refractivity contribution < 1.29 is 30.0 Å². The molecular weight excluding hydrogens is 372 g/mol. The SMILES string of the molecule is C[C@@H]1CC[C@H]2C(C)(C)[C@H](O)C(O)C[C@]2(C)[C@@]12Cc1c(O)cc(CO)c(C=O)c1O2. The number of hydrogen-bond donors (Lipinski definition) is 4. The second-order valence-electron chi connectivity index (χ2n) is 10.2. The lowest BCUT2D eigenvalue weighted by molar-refractivity contribution is -0.240. The predicted octanol–water partition coefficient (Wildman–Crippen LogP) is 2.57. The number of benzene rings is 1. The Morgan fingerprint density at radius 3 is 2.55 bits per heavy atom. The number of aromatic hydroxyl groups is 1. The lowest BCUT2D eigenvalue weighted by Crippen LogP contribution is -2.69. The second-order valence-corrected chi connectivity index (χ2v) is 10.2. The first-order valence-corrected chi connectivity index (χ1v) is 10.5. The topological polar surface area (TPSA) is 107 Å². The minimum Gasteiger partial charge on any atom is -0.508 e. The van der Waals surface area contributed by atoms with Crippen molar-refractivity contribution in [2.75, 3.05) is 0 Å². The van der Waals surface area contributed by atoms with Gasteiger partial charge in [-0.05, 0) is 48.1 Å². The summed E-state index contributed by atoms with van der Waals surface area (Å²) in [6, 6.07) is 1.45. The van der Waals surface area contributed by atoms with Gasteiger partial charge in [0.25, 0.3) is 0 Å². The lowest BCUT2D eigenvalue weighted by Gasteiger charge is -2.64. The van der Waals surface area contributed by atoms with Crippen LogP contribution in [0.2, 0.25) is 0 Å². The highest BCUT2D eigenvalue weighted by atomic mass is 16.5. The number of phenols is 1. The van der Waals surface area contributed by atoms with Gasteiger partial charge < -0.3 is 25.2 Å². The summed E-state index contributed by atoms with van der Waals surface area (Å²) in [5.41, 5.74) is -0.443. The molecule has 0 amide bonds. The molecule has 1 unspecified atom stereocenters. The van der Waals surface area contributed by atoms with E-state index in [0.717, 1.165) is 12.8 Å². The van der Waals surface area contributed by atoms with Crippen molar-refractivity contribution in [1.29, 1.82) is 0 Å². The van der Waals surface area contributed by atoms with E-state index in [9.17, 15) is 25.2 Å². The molecule has 0 aromatic heterocycles. The summed E-state index contributed by atoms with van der Waals surface area (Å²) in [7, 11) is 0. The normalized spacial score (nSPS) is 40.2. The van der Waals surface area contributed by atoms with Gasteiger partial charge in [0.15, 0.2) is 6.29 Å². The van der Waals surface area contributed by atoms with Crippen LogP contribution in [-0.2, 0) is 13.0 Å². The van der Waals surface area contributed by atoms with Crippen LogP contribution in [0.25, 0.3) is 0 Å². The van der Waals surface area contributed by atoms with E-state index in [1.807, 2.05) is 13.8 Å². The Balaban J connectivity index is 1.89. The molecule has 4 rings (SSSR count). The molecule has 4 N–H and O–H groups in total. The number of carbonyl (C=O) groups excluding carboxylic acids is 1. The van der Waals surface area contributed by atoms with Crippen molar-refractivity contribution in [2.45, 2.75) is 77.8 Å². The third-order valence-corrected chi connectivity index (χ3v) is 8.57. The molecule has 2 saturated carbocycles. The highest BCUT2D eigenvalue weighted by Crippen LogP contribution is 2.66. The summed E-state index contributed by atoms with van der Waals surface area (Å²) in [5.74, 6) is 0.625. The van der Waals surface area contributed by atoms with Crippen molar-refractivity contribution in [2.24, 2.45) is 22.7 Å². The van der Waals surface area contributed by atoms with Gasteiger partial charge in [0.1, 0.15) is 17.1 Å². The third kappa shape index (κ3) is 2.49. The van der Waals surface area contributed by atoms with Crippen LogP contribution in [0.5, 0.6) is 11.5 Å². The van der Waals surface area contributed by atoms with Gasteiger partial charge in [0.2, 0.25) is 0 Å². The minimum absolute atomic E-state index is 0.0279. The summed E-state index contributed by atoms with van der Waals surface area (Å²) >= 11 is 0. The van der Waals surface area contributed by atoms with Gasteiger partial charge >= 0.3 is 0 Å². The fourth-order valence-electron chi connectivity index (χ4n) is 6.96. The largest absolute Gasteiger partial charge is 0.508 e. The van der Waals surface area contributed by atoms with Crippen LogP contribution in [-0.4, -0.2) is 44.5 Å². The second kappa shape index (κ2) is 6.43. The fourth-order valence-corrected chi connectivity index (χ4v) is 6.96. The molecule has 6 atom stereocenters. The Bertz CT molecular complexity index is 848. The first kappa shape index (κ1) is 20.6. The van der Waals surface area contributed by atoms with Gasteiger partial charge in [-0.25, -0.2) is 0 Å². The molecule has 2 aliphatic carbocycles. The van der Waals surface area contributed by atoms with Crippen LogP contribution in [0.4, 0.5) is 0 Å². The van der Waals surface area contributed by atoms with Crippen LogP contribution in [0.15, 0.2) is 6.07 Å². The zero-order valence-electron chi connectivity index (χ0n) is 17.6. The number of carbonyl (C=O) groups is 1. The summed E-state index contributed by atoms with van der Waals surface area (Å²) < 4.78 is 6.65. The molecule has 0 saturated heterocycles. The van der Waals surface area contributed by atoms with E-state index < -0.39 is 28.6 Å². The molecular formula is C23H32O6. The smallest absolute Gasteiger partial charge is 0.154 e. The monoisotopic (exact) mass is 404 g/mol. The van der Waals surface area contributed by atoms with Gasteiger partial charge in [-0.15, -0.1) is 0 Å². The number of aliphatic hydroxyl groups is 3. The molecule has 1 spiro atoms. The molecule has 6 heteroatoms. The van der Waals surface area contributed by atoms with Crippen LogP contribution in [0.1, 0.15) is 68.4 Å². The van der Waals surface area contributed by atoms with Gasteiger partial charge in [-0.3, -0.25) is 4.79 Å². The van der Waals surface area contributed by atoms with Crippen molar-refractivity contribution >= 4 is 6.29 Å². The van der Waals surface area contributed by atoms with E-state index >= 15 is 0 Å². The van der Waals surface area contributed by atoms with E-state index in [2.05, 4.69) is 13.8 Å². The molecule has 1 aliphatic heterocycles. The van der Waals surface area contributed by atoms with Crippen LogP contribution in [0, 0.1) is 22.7 Å². The van der Waals surface area contributed by atoms with Gasteiger partial charge in [0, 0.05) is 17.4 Å². The fraction of sp³-hybridized carbons (Fsp3) is 0.696. The lowest BCUT2D eigenvalue weighted by atomic mass is 9.43. The van der Waals surface area contributed by atoms with E-state index in [0.29, 0.717) is 36.0 Å². The molecule has 29 heavy (non-hydrogen) atoms. The zero-order chi connectivity index (χ0) is 21.4. The van der Waals surface area contributed by atoms with E-state index in [4.69, 9.17) is 4.74 Å². The number of ether oxygens (including phenoxy) is 1. The number of phenolic OH excluding ortho intramolecular Hbond substituents is 1. The molecule has 1 aromatic rings. The Kier molecular flexibility index (Phi) is 4.58. The summed E-state index contributed by atoms with van der Waals surface area (Å²) in [4.78, 5) is 11.8. The first-order valence-electron chi connectivity index (χ1n) is 10.5. The van der Waals surface area contributed by atoms with Crippen LogP contribution >= 0.6 is 0 Å². The molecule has 1 heterocycles. The number of rotatable bonds is 2. The summed E-state index contributed by atoms with van der Waals surface area (Å²) in [6.07, 6.45) is 1.65. The summed E-state index contributed by atoms with van der Waals surface area (Å²) in [5, 5.41) is 41.8. The average molecular weight is 405 g/mol. The van der Waals surface area contributed by atoms with Crippen molar-refractivity contribution in [3.05, 3.63) is 22.8 Å². The van der Waals surface area contributed by atoms with Crippen molar-refractivity contribution in [1.82, 2.24) is 0 Å². The Morgan fingerprint density at radius 1 is 1.24 bits per heavy atom. The van der Waals surface area contributed by atoms with Gasteiger partial charge in [-0.2, -0.15) is 0 Å². The van der Waals surface area contributed by atoms with Crippen LogP contribution < -0.4 is 4.74 Å². The maximum Gasteiger partial charge on any atom is 0.154 e. The predicted molar refractivity (Wildman–Crippen MR) is 107 cm³/mol. The number of fused-ring (bicyclic) bond motifs is 3. The number of aldehydes is 1. The van der Waals surface area contributed by atoms with E-state index in [1.54, 1.807) is 0 Å². The third-order valence-electron chi connectivity index (χ3n) is 8.57. The maximum absolute atomic E-state index is 11.8. The highest BCUT2D eigenvalue weighted by molar-refractivity contribution is 5.84. The zero-order valence-corrected chi connectivity index (χ0v) is 17.6. The first-order chi connectivity index (χ1) is 13.5. The number of aliphatic hydroxyl groups excluding tert-OH is 3. The Labute approximate surface area is 171 Å². The van der Waals surface area contributed by atoms with Crippen LogP contribution in [0.3, 0.4) is 0 Å².